The van der Waals surface area contributed by atoms with Gasteiger partial charge in [0, 0.05) is 30.8 Å². The van der Waals surface area contributed by atoms with Crippen molar-refractivity contribution in [2.24, 2.45) is 10.9 Å². The van der Waals surface area contributed by atoms with Crippen LogP contribution in [0.4, 0.5) is 0 Å². The number of carbonyl (C=O) groups excluding carboxylic acids is 1. The maximum atomic E-state index is 11.3. The number of hydrogen-bond donors (Lipinski definition) is 2. The Morgan fingerprint density at radius 2 is 2.00 bits per heavy atom. The highest BCUT2D eigenvalue weighted by atomic mass is 127. The first-order valence-corrected chi connectivity index (χ1v) is 7.86. The predicted molar refractivity (Wildman–Crippen MR) is 103 cm³/mol. The Bertz CT molecular complexity index is 457. The molecule has 0 aliphatic carbocycles. The minimum Gasteiger partial charge on any atom is -0.469 e. The molecular weight excluding hydrogens is 413 g/mol. The zero-order chi connectivity index (χ0) is 15.5. The largest absolute Gasteiger partial charge is 0.469 e. The number of carbonyl (C=O) groups is 1. The standard InChI is InChI=1S/C15H23N3O2S.HI/c1-12(14(19)20-3)11-18-15(16-2)17-9-10-21-13-7-5-4-6-8-13;/h4-8,12H,9-11H2,1-3H3,(H2,16,17,18);1H. The quantitative estimate of drug-likeness (QED) is 0.171. The van der Waals surface area contributed by atoms with Crippen LogP contribution >= 0.6 is 35.7 Å². The van der Waals surface area contributed by atoms with E-state index < -0.39 is 0 Å². The monoisotopic (exact) mass is 437 g/mol. The SMILES string of the molecule is CN=C(NCCSc1ccccc1)NCC(C)C(=O)OC.I. The highest BCUT2D eigenvalue weighted by Crippen LogP contribution is 2.15. The summed E-state index contributed by atoms with van der Waals surface area (Å²) in [4.78, 5) is 16.7. The first-order chi connectivity index (χ1) is 10.2. The fraction of sp³-hybridized carbons (Fsp3) is 0.467. The number of thioether (sulfide) groups is 1. The van der Waals surface area contributed by atoms with E-state index in [9.17, 15) is 4.79 Å². The number of halogens is 1. The van der Waals surface area contributed by atoms with Gasteiger partial charge in [-0.1, -0.05) is 25.1 Å². The highest BCUT2D eigenvalue weighted by Gasteiger charge is 2.12. The van der Waals surface area contributed by atoms with Gasteiger partial charge in [0.1, 0.15) is 0 Å². The van der Waals surface area contributed by atoms with Crippen molar-refractivity contribution in [2.45, 2.75) is 11.8 Å². The molecule has 0 fully saturated rings. The van der Waals surface area contributed by atoms with Crippen LogP contribution in [-0.4, -0.2) is 44.9 Å². The van der Waals surface area contributed by atoms with Crippen molar-refractivity contribution in [3.05, 3.63) is 30.3 Å². The molecular formula is C15H24IN3O2S. The Hall–Kier alpha value is -0.960. The lowest BCUT2D eigenvalue weighted by Gasteiger charge is -2.14. The lowest BCUT2D eigenvalue weighted by atomic mass is 10.2. The zero-order valence-electron chi connectivity index (χ0n) is 13.2. The van der Waals surface area contributed by atoms with Crippen LogP contribution in [-0.2, 0) is 9.53 Å². The van der Waals surface area contributed by atoms with E-state index in [-0.39, 0.29) is 35.9 Å². The molecule has 2 N–H and O–H groups in total. The van der Waals surface area contributed by atoms with Crippen molar-refractivity contribution < 1.29 is 9.53 Å². The Kier molecular flexibility index (Phi) is 12.0. The summed E-state index contributed by atoms with van der Waals surface area (Å²) in [5.41, 5.74) is 0. The lowest BCUT2D eigenvalue weighted by molar-refractivity contribution is -0.144. The second kappa shape index (κ2) is 12.6. The van der Waals surface area contributed by atoms with Crippen LogP contribution in [0.25, 0.3) is 0 Å². The number of ether oxygens (including phenoxy) is 1. The first kappa shape index (κ1) is 21.0. The van der Waals surface area contributed by atoms with Crippen LogP contribution in [0.3, 0.4) is 0 Å². The van der Waals surface area contributed by atoms with Crippen LogP contribution in [0.5, 0.6) is 0 Å². The summed E-state index contributed by atoms with van der Waals surface area (Å²) >= 11 is 1.79. The van der Waals surface area contributed by atoms with E-state index in [1.807, 2.05) is 25.1 Å². The van der Waals surface area contributed by atoms with Gasteiger partial charge in [-0.15, -0.1) is 35.7 Å². The molecule has 0 amide bonds. The van der Waals surface area contributed by atoms with Crippen molar-refractivity contribution in [2.75, 3.05) is 33.0 Å². The molecule has 124 valence electrons. The van der Waals surface area contributed by atoms with Gasteiger partial charge in [-0.05, 0) is 12.1 Å². The predicted octanol–water partition coefficient (Wildman–Crippen LogP) is 2.37. The molecule has 0 heterocycles. The summed E-state index contributed by atoms with van der Waals surface area (Å²) in [6.45, 7) is 3.11. The Morgan fingerprint density at radius 3 is 2.59 bits per heavy atom. The maximum absolute atomic E-state index is 11.3. The van der Waals surface area contributed by atoms with Gasteiger partial charge in [-0.25, -0.2) is 0 Å². The molecule has 1 rings (SSSR count). The summed E-state index contributed by atoms with van der Waals surface area (Å²) in [6.07, 6.45) is 0. The zero-order valence-corrected chi connectivity index (χ0v) is 16.3. The van der Waals surface area contributed by atoms with E-state index in [2.05, 4.69) is 32.5 Å². The van der Waals surface area contributed by atoms with E-state index in [4.69, 9.17) is 0 Å². The summed E-state index contributed by atoms with van der Waals surface area (Å²) in [5.74, 6) is 1.21. The number of benzene rings is 1. The molecule has 0 radical (unpaired) electrons. The van der Waals surface area contributed by atoms with Gasteiger partial charge in [-0.2, -0.15) is 0 Å². The van der Waals surface area contributed by atoms with E-state index in [0.717, 1.165) is 12.3 Å². The molecule has 1 unspecified atom stereocenters. The Morgan fingerprint density at radius 1 is 1.32 bits per heavy atom. The van der Waals surface area contributed by atoms with E-state index in [0.29, 0.717) is 12.5 Å². The molecule has 0 aliphatic heterocycles. The van der Waals surface area contributed by atoms with Crippen LogP contribution in [0, 0.1) is 5.92 Å². The molecule has 5 nitrogen and oxygen atoms in total. The number of nitrogens with one attached hydrogen (secondary N) is 2. The number of rotatable bonds is 7. The van der Waals surface area contributed by atoms with Crippen molar-refractivity contribution in [1.82, 2.24) is 10.6 Å². The van der Waals surface area contributed by atoms with Crippen LogP contribution in [0.2, 0.25) is 0 Å². The van der Waals surface area contributed by atoms with Crippen LogP contribution in [0.15, 0.2) is 40.2 Å². The van der Waals surface area contributed by atoms with Gasteiger partial charge in [0.25, 0.3) is 0 Å². The van der Waals surface area contributed by atoms with Gasteiger partial charge in [-0.3, -0.25) is 9.79 Å². The van der Waals surface area contributed by atoms with Crippen molar-refractivity contribution in [3.8, 4) is 0 Å². The fourth-order valence-electron chi connectivity index (χ4n) is 1.61. The van der Waals surface area contributed by atoms with Gasteiger partial charge in [0.05, 0.1) is 13.0 Å². The molecule has 1 aromatic carbocycles. The minimum absolute atomic E-state index is 0. The van der Waals surface area contributed by atoms with E-state index in [1.54, 1.807) is 18.8 Å². The summed E-state index contributed by atoms with van der Waals surface area (Å²) < 4.78 is 4.68. The number of esters is 1. The van der Waals surface area contributed by atoms with Crippen molar-refractivity contribution >= 4 is 47.7 Å². The summed E-state index contributed by atoms with van der Waals surface area (Å²) in [7, 11) is 3.11. The van der Waals surface area contributed by atoms with Crippen molar-refractivity contribution in [1.29, 1.82) is 0 Å². The average molecular weight is 437 g/mol. The number of nitrogens with zero attached hydrogens (tertiary/aromatic N) is 1. The third-order valence-corrected chi connectivity index (χ3v) is 3.82. The molecule has 0 spiro atoms. The molecule has 22 heavy (non-hydrogen) atoms. The number of methoxy groups -OCH3 is 1. The molecule has 1 aromatic rings. The highest BCUT2D eigenvalue weighted by molar-refractivity contribution is 14.0. The normalized spacial score (nSPS) is 12.0. The fourth-order valence-corrected chi connectivity index (χ4v) is 2.40. The third kappa shape index (κ3) is 8.47. The number of guanidine groups is 1. The van der Waals surface area contributed by atoms with E-state index >= 15 is 0 Å². The third-order valence-electron chi connectivity index (χ3n) is 2.81. The van der Waals surface area contributed by atoms with Gasteiger partial charge >= 0.3 is 5.97 Å². The Labute approximate surface area is 153 Å². The van der Waals surface area contributed by atoms with Crippen LogP contribution < -0.4 is 10.6 Å². The minimum atomic E-state index is -0.224. The maximum Gasteiger partial charge on any atom is 0.310 e. The van der Waals surface area contributed by atoms with E-state index in [1.165, 1.54) is 12.0 Å². The average Bonchev–Trinajstić information content (AvgIpc) is 2.54. The lowest BCUT2D eigenvalue weighted by Crippen LogP contribution is -2.41. The molecule has 0 saturated carbocycles. The van der Waals surface area contributed by atoms with Gasteiger partial charge < -0.3 is 15.4 Å². The molecule has 0 aromatic heterocycles. The smallest absolute Gasteiger partial charge is 0.310 e. The van der Waals surface area contributed by atoms with Gasteiger partial charge in [0.15, 0.2) is 5.96 Å². The van der Waals surface area contributed by atoms with Gasteiger partial charge in [0.2, 0.25) is 0 Å². The van der Waals surface area contributed by atoms with Crippen molar-refractivity contribution in [3.63, 3.8) is 0 Å². The first-order valence-electron chi connectivity index (χ1n) is 6.87. The summed E-state index contributed by atoms with van der Waals surface area (Å²) in [5, 5.41) is 6.33. The molecule has 7 heteroatoms. The number of aliphatic imine (C=N–C) groups is 1. The molecule has 0 aliphatic rings. The number of hydrogen-bond acceptors (Lipinski definition) is 4. The van der Waals surface area contributed by atoms with Crippen LogP contribution in [0.1, 0.15) is 6.92 Å². The molecule has 0 bridgehead atoms. The second-order valence-electron chi connectivity index (χ2n) is 4.47. The molecule has 0 saturated heterocycles. The summed E-state index contributed by atoms with van der Waals surface area (Å²) in [6, 6.07) is 10.3. The second-order valence-corrected chi connectivity index (χ2v) is 5.63. The topological polar surface area (TPSA) is 62.7 Å². The Balaban J connectivity index is 0.00000441. The molecule has 1 atom stereocenters.